The first kappa shape index (κ1) is 29.1. The topological polar surface area (TPSA) is 11.4 Å². The maximum Gasteiger partial charge on any atom is 0.0626 e. The number of para-hydroxylation sites is 6. The first-order valence-electron chi connectivity index (χ1n) is 17.5. The Bertz CT molecular complexity index is 2640. The Labute approximate surface area is 297 Å². The lowest BCUT2D eigenvalue weighted by Gasteiger charge is -2.27. The number of hydrogen-bond acceptors (Lipinski definition) is 2. The Morgan fingerprint density at radius 2 is 0.882 bits per heavy atom. The minimum absolute atomic E-state index is 1.11. The molecule has 240 valence electrons. The fourth-order valence-corrected chi connectivity index (χ4v) is 7.94. The van der Waals surface area contributed by atoms with Gasteiger partial charge in [-0.3, -0.25) is 0 Å². The Balaban J connectivity index is 1.32. The molecule has 0 saturated heterocycles. The zero-order valence-corrected chi connectivity index (χ0v) is 27.9. The lowest BCUT2D eigenvalue weighted by Crippen LogP contribution is -2.10. The summed E-state index contributed by atoms with van der Waals surface area (Å²) >= 11 is 0. The van der Waals surface area contributed by atoms with Gasteiger partial charge in [0.25, 0.3) is 0 Å². The number of fused-ring (bicyclic) bond motifs is 9. The van der Waals surface area contributed by atoms with E-state index in [-0.39, 0.29) is 0 Å². The van der Waals surface area contributed by atoms with E-state index in [1.807, 2.05) is 0 Å². The number of benzene rings is 8. The van der Waals surface area contributed by atoms with Crippen LogP contribution in [0.3, 0.4) is 0 Å². The minimum Gasteiger partial charge on any atom is -0.310 e. The third-order valence-electron chi connectivity index (χ3n) is 10.1. The molecule has 0 saturated carbocycles. The van der Waals surface area contributed by atoms with E-state index in [1.165, 1.54) is 49.7 Å². The van der Waals surface area contributed by atoms with E-state index in [9.17, 15) is 0 Å². The third kappa shape index (κ3) is 4.67. The molecule has 0 radical (unpaired) electrons. The molecule has 9 aromatic rings. The maximum atomic E-state index is 2.47. The highest BCUT2D eigenvalue weighted by Gasteiger charge is 2.29. The molecule has 3 heteroatoms. The molecule has 1 aliphatic heterocycles. The van der Waals surface area contributed by atoms with Crippen molar-refractivity contribution in [3.05, 3.63) is 200 Å². The Kier molecular flexibility index (Phi) is 6.81. The fourth-order valence-electron chi connectivity index (χ4n) is 7.94. The summed E-state index contributed by atoms with van der Waals surface area (Å²) in [5.74, 6) is 0. The predicted molar refractivity (Wildman–Crippen MR) is 215 cm³/mol. The van der Waals surface area contributed by atoms with Gasteiger partial charge < -0.3 is 14.4 Å². The Hall–Kier alpha value is -6.84. The molecule has 0 atom stereocenters. The Morgan fingerprint density at radius 3 is 1.53 bits per heavy atom. The molecule has 0 aliphatic carbocycles. The number of anilines is 6. The second kappa shape index (κ2) is 11.9. The van der Waals surface area contributed by atoms with Crippen LogP contribution < -0.4 is 9.80 Å². The molecule has 1 aromatic heterocycles. The molecular formula is C48H33N3. The summed E-state index contributed by atoms with van der Waals surface area (Å²) in [5.41, 5.74) is 15.2. The lowest BCUT2D eigenvalue weighted by molar-refractivity contribution is 1.18. The van der Waals surface area contributed by atoms with E-state index in [1.54, 1.807) is 0 Å². The average molecular weight is 652 g/mol. The van der Waals surface area contributed by atoms with E-state index >= 15 is 0 Å². The van der Waals surface area contributed by atoms with Crippen LogP contribution >= 0.6 is 0 Å². The molecule has 2 heterocycles. The summed E-state index contributed by atoms with van der Waals surface area (Å²) in [6.45, 7) is 0. The molecule has 0 unspecified atom stereocenters. The zero-order valence-electron chi connectivity index (χ0n) is 27.9. The van der Waals surface area contributed by atoms with Crippen molar-refractivity contribution >= 4 is 55.9 Å². The van der Waals surface area contributed by atoms with Gasteiger partial charge in [0.1, 0.15) is 0 Å². The standard InChI is InChI=1S/C48H33N3/c1-5-17-34(18-6-1)49(35-19-7-2-8-20-35)38-29-32-46-43(33-38)41-31-30-40-39-25-13-15-27-44(39)50(36-21-9-3-10-22-36)45-28-16-14-26-42(45)47(40)48(41)51(46)37-23-11-4-12-24-37/h1-33H. The number of nitrogens with zero attached hydrogens (tertiary/aromatic N) is 3. The van der Waals surface area contributed by atoms with Crippen molar-refractivity contribution in [2.75, 3.05) is 9.80 Å². The molecule has 10 rings (SSSR count). The van der Waals surface area contributed by atoms with Gasteiger partial charge in [0.05, 0.1) is 22.4 Å². The molecular weight excluding hydrogens is 619 g/mol. The predicted octanol–water partition coefficient (Wildman–Crippen LogP) is 13.4. The van der Waals surface area contributed by atoms with Crippen LogP contribution in [0.25, 0.3) is 49.7 Å². The summed E-state index contributed by atoms with van der Waals surface area (Å²) in [6, 6.07) is 72.1. The van der Waals surface area contributed by atoms with Crippen molar-refractivity contribution in [2.45, 2.75) is 0 Å². The van der Waals surface area contributed by atoms with Gasteiger partial charge in [0.15, 0.2) is 0 Å². The summed E-state index contributed by atoms with van der Waals surface area (Å²) in [5, 5.41) is 2.43. The second-order valence-electron chi connectivity index (χ2n) is 13.0. The molecule has 8 aromatic carbocycles. The molecule has 1 aliphatic rings. The largest absolute Gasteiger partial charge is 0.310 e. The summed E-state index contributed by atoms with van der Waals surface area (Å²) in [7, 11) is 0. The normalized spacial score (nSPS) is 11.9. The van der Waals surface area contributed by atoms with Crippen molar-refractivity contribution in [3.8, 4) is 27.9 Å². The van der Waals surface area contributed by atoms with Gasteiger partial charge in [0, 0.05) is 55.9 Å². The van der Waals surface area contributed by atoms with Crippen molar-refractivity contribution in [3.63, 3.8) is 0 Å². The van der Waals surface area contributed by atoms with Gasteiger partial charge in [-0.1, -0.05) is 121 Å². The van der Waals surface area contributed by atoms with Gasteiger partial charge in [-0.15, -0.1) is 0 Å². The number of hydrogen-bond donors (Lipinski definition) is 0. The fraction of sp³-hybridized carbons (Fsp3) is 0. The smallest absolute Gasteiger partial charge is 0.0626 e. The maximum absolute atomic E-state index is 2.47. The van der Waals surface area contributed by atoms with Crippen molar-refractivity contribution in [2.24, 2.45) is 0 Å². The van der Waals surface area contributed by atoms with Gasteiger partial charge in [-0.2, -0.15) is 0 Å². The average Bonchev–Trinajstić information content (AvgIpc) is 3.47. The molecule has 0 N–H and O–H groups in total. The van der Waals surface area contributed by atoms with Crippen LogP contribution in [0.5, 0.6) is 0 Å². The van der Waals surface area contributed by atoms with Crippen molar-refractivity contribution in [1.29, 1.82) is 0 Å². The van der Waals surface area contributed by atoms with Crippen LogP contribution in [0.1, 0.15) is 0 Å². The van der Waals surface area contributed by atoms with Crippen LogP contribution in [0.15, 0.2) is 200 Å². The first-order chi connectivity index (χ1) is 25.3. The highest BCUT2D eigenvalue weighted by Crippen LogP contribution is 2.54. The second-order valence-corrected chi connectivity index (χ2v) is 13.0. The van der Waals surface area contributed by atoms with Gasteiger partial charge in [-0.05, 0) is 84.4 Å². The summed E-state index contributed by atoms with van der Waals surface area (Å²) < 4.78 is 2.47. The van der Waals surface area contributed by atoms with Crippen LogP contribution in [0.2, 0.25) is 0 Å². The zero-order chi connectivity index (χ0) is 33.7. The molecule has 3 nitrogen and oxygen atoms in total. The third-order valence-corrected chi connectivity index (χ3v) is 10.1. The van der Waals surface area contributed by atoms with Crippen LogP contribution in [-0.4, -0.2) is 4.57 Å². The minimum atomic E-state index is 1.11. The van der Waals surface area contributed by atoms with Crippen LogP contribution in [-0.2, 0) is 0 Å². The van der Waals surface area contributed by atoms with Gasteiger partial charge in [-0.25, -0.2) is 0 Å². The Morgan fingerprint density at radius 1 is 0.353 bits per heavy atom. The van der Waals surface area contributed by atoms with Gasteiger partial charge >= 0.3 is 0 Å². The van der Waals surface area contributed by atoms with E-state index < -0.39 is 0 Å². The molecule has 0 amide bonds. The monoisotopic (exact) mass is 651 g/mol. The summed E-state index contributed by atoms with van der Waals surface area (Å²) in [6.07, 6.45) is 0. The van der Waals surface area contributed by atoms with Crippen LogP contribution in [0, 0.1) is 0 Å². The molecule has 51 heavy (non-hydrogen) atoms. The molecule has 0 bridgehead atoms. The van der Waals surface area contributed by atoms with Crippen molar-refractivity contribution in [1.82, 2.24) is 4.57 Å². The number of rotatable bonds is 5. The van der Waals surface area contributed by atoms with Crippen molar-refractivity contribution < 1.29 is 0 Å². The molecule has 0 spiro atoms. The van der Waals surface area contributed by atoms with E-state index in [0.717, 1.165) is 34.1 Å². The lowest BCUT2D eigenvalue weighted by atomic mass is 9.92. The molecule has 0 fully saturated rings. The van der Waals surface area contributed by atoms with E-state index in [0.29, 0.717) is 0 Å². The summed E-state index contributed by atoms with van der Waals surface area (Å²) in [4.78, 5) is 4.76. The van der Waals surface area contributed by atoms with Crippen LogP contribution in [0.4, 0.5) is 34.1 Å². The highest BCUT2D eigenvalue weighted by atomic mass is 15.2. The van der Waals surface area contributed by atoms with E-state index in [4.69, 9.17) is 0 Å². The quantitative estimate of drug-likeness (QED) is 0.183. The van der Waals surface area contributed by atoms with E-state index in [2.05, 4.69) is 215 Å². The number of aromatic nitrogens is 1. The highest BCUT2D eigenvalue weighted by molar-refractivity contribution is 6.19. The van der Waals surface area contributed by atoms with Gasteiger partial charge in [0.2, 0.25) is 0 Å². The SMILES string of the molecule is c1ccc(N(c2ccccc2)c2ccc3c(c2)c2ccc4c(c2n3-c2ccccc2)-c2ccccc2N(c2ccccc2)c2ccccc2-4)cc1. The first-order valence-corrected chi connectivity index (χ1v) is 17.5.